The van der Waals surface area contributed by atoms with E-state index in [2.05, 4.69) is 20.2 Å². The van der Waals surface area contributed by atoms with Gasteiger partial charge in [0, 0.05) is 19.6 Å². The van der Waals surface area contributed by atoms with Gasteiger partial charge in [-0.2, -0.15) is 4.98 Å². The molecule has 24 heavy (non-hydrogen) atoms. The zero-order valence-corrected chi connectivity index (χ0v) is 13.6. The summed E-state index contributed by atoms with van der Waals surface area (Å²) in [5, 5.41) is 3.26. The minimum absolute atomic E-state index is 0.367. The molecule has 0 radical (unpaired) electrons. The molecule has 1 aromatic heterocycles. The summed E-state index contributed by atoms with van der Waals surface area (Å²) in [5.74, 6) is 1.67. The Hall–Kier alpha value is -2.38. The minimum Gasteiger partial charge on any atom is -0.437 e. The fourth-order valence-corrected chi connectivity index (χ4v) is 2.54. The van der Waals surface area contributed by atoms with Gasteiger partial charge in [0.1, 0.15) is 17.8 Å². The monoisotopic (exact) mass is 329 g/mol. The van der Waals surface area contributed by atoms with Crippen LogP contribution < -0.4 is 15.8 Å². The predicted octanol–water partition coefficient (Wildman–Crippen LogP) is 1.99. The molecule has 0 atom stereocenters. The van der Waals surface area contributed by atoms with Gasteiger partial charge < -0.3 is 20.5 Å². The Morgan fingerprint density at radius 1 is 1.17 bits per heavy atom. The molecule has 0 saturated carbocycles. The molecule has 7 nitrogen and oxygen atoms in total. The van der Waals surface area contributed by atoms with Gasteiger partial charge in [-0.1, -0.05) is 18.2 Å². The fourth-order valence-electron chi connectivity index (χ4n) is 2.54. The van der Waals surface area contributed by atoms with Gasteiger partial charge in [-0.3, -0.25) is 4.90 Å². The molecular formula is C17H23N5O2. The molecule has 0 spiro atoms. The summed E-state index contributed by atoms with van der Waals surface area (Å²) in [5.41, 5.74) is 6.54. The summed E-state index contributed by atoms with van der Waals surface area (Å²) in [6.07, 6.45) is 2.47. The van der Waals surface area contributed by atoms with Gasteiger partial charge in [-0.05, 0) is 25.1 Å². The Morgan fingerprint density at radius 2 is 1.96 bits per heavy atom. The maximum absolute atomic E-state index is 6.12. The second-order valence-electron chi connectivity index (χ2n) is 5.59. The average molecular weight is 329 g/mol. The Bertz CT molecular complexity index is 632. The molecule has 0 aliphatic carbocycles. The molecule has 128 valence electrons. The molecule has 1 fully saturated rings. The van der Waals surface area contributed by atoms with Crippen molar-refractivity contribution < 1.29 is 9.47 Å². The second-order valence-corrected chi connectivity index (χ2v) is 5.59. The highest BCUT2D eigenvalue weighted by molar-refractivity contribution is 5.66. The van der Waals surface area contributed by atoms with Crippen LogP contribution in [0.2, 0.25) is 0 Å². The van der Waals surface area contributed by atoms with E-state index in [1.165, 1.54) is 6.33 Å². The van der Waals surface area contributed by atoms with E-state index in [1.54, 1.807) is 0 Å². The topological polar surface area (TPSA) is 85.5 Å². The highest BCUT2D eigenvalue weighted by Gasteiger charge is 2.11. The lowest BCUT2D eigenvalue weighted by molar-refractivity contribution is 0.0378. The van der Waals surface area contributed by atoms with Crippen molar-refractivity contribution in [1.82, 2.24) is 14.9 Å². The van der Waals surface area contributed by atoms with E-state index in [0.29, 0.717) is 23.1 Å². The highest BCUT2D eigenvalue weighted by Crippen LogP contribution is 2.28. The lowest BCUT2D eigenvalue weighted by Crippen LogP contribution is -2.37. The van der Waals surface area contributed by atoms with E-state index in [4.69, 9.17) is 15.2 Å². The van der Waals surface area contributed by atoms with Gasteiger partial charge in [0.2, 0.25) is 5.88 Å². The van der Waals surface area contributed by atoms with Gasteiger partial charge in [-0.15, -0.1) is 0 Å². The molecule has 1 aliphatic heterocycles. The first kappa shape index (κ1) is 16.5. The van der Waals surface area contributed by atoms with Crippen molar-refractivity contribution in [3.8, 4) is 11.6 Å². The lowest BCUT2D eigenvalue weighted by atomic mass is 10.3. The first-order valence-corrected chi connectivity index (χ1v) is 8.20. The summed E-state index contributed by atoms with van der Waals surface area (Å²) < 4.78 is 11.1. The molecule has 0 bridgehead atoms. The number of para-hydroxylation sites is 1. The molecule has 3 rings (SSSR count). The fraction of sp³-hybridized carbons (Fsp3) is 0.412. The molecule has 2 aromatic rings. The molecule has 0 unspecified atom stereocenters. The third-order valence-corrected chi connectivity index (χ3v) is 3.85. The van der Waals surface area contributed by atoms with Gasteiger partial charge in [0.15, 0.2) is 5.82 Å². The first-order valence-electron chi connectivity index (χ1n) is 8.20. The number of nitrogens with one attached hydrogen (secondary N) is 1. The van der Waals surface area contributed by atoms with Gasteiger partial charge in [-0.25, -0.2) is 4.98 Å². The summed E-state index contributed by atoms with van der Waals surface area (Å²) in [4.78, 5) is 10.7. The molecule has 0 amide bonds. The lowest BCUT2D eigenvalue weighted by Gasteiger charge is -2.26. The Labute approximate surface area is 141 Å². The van der Waals surface area contributed by atoms with Gasteiger partial charge >= 0.3 is 0 Å². The zero-order valence-electron chi connectivity index (χ0n) is 13.6. The smallest absolute Gasteiger partial charge is 0.248 e. The number of nitrogens with two attached hydrogens (primary N) is 1. The van der Waals surface area contributed by atoms with E-state index in [-0.39, 0.29) is 0 Å². The largest absolute Gasteiger partial charge is 0.437 e. The number of hydrogen-bond donors (Lipinski definition) is 2. The van der Waals surface area contributed by atoms with Crippen molar-refractivity contribution >= 4 is 11.5 Å². The van der Waals surface area contributed by atoms with E-state index in [1.807, 2.05) is 30.3 Å². The summed E-state index contributed by atoms with van der Waals surface area (Å²) in [6.45, 7) is 5.49. The quantitative estimate of drug-likeness (QED) is 0.751. The van der Waals surface area contributed by atoms with Crippen LogP contribution in [0.4, 0.5) is 11.5 Å². The van der Waals surface area contributed by atoms with Crippen molar-refractivity contribution in [3.63, 3.8) is 0 Å². The van der Waals surface area contributed by atoms with E-state index in [0.717, 1.165) is 45.8 Å². The van der Waals surface area contributed by atoms with Crippen LogP contribution in [0.3, 0.4) is 0 Å². The SMILES string of the molecule is Nc1c(NCCCN2CCOCC2)ncnc1Oc1ccccc1. The third-order valence-electron chi connectivity index (χ3n) is 3.85. The first-order chi connectivity index (χ1) is 11.8. The molecule has 1 aliphatic rings. The molecule has 2 heterocycles. The number of aromatic nitrogens is 2. The average Bonchev–Trinajstić information content (AvgIpc) is 2.63. The van der Waals surface area contributed by atoms with Crippen LogP contribution in [0.1, 0.15) is 6.42 Å². The van der Waals surface area contributed by atoms with Crippen molar-refractivity contribution in [2.75, 3.05) is 50.4 Å². The van der Waals surface area contributed by atoms with Crippen molar-refractivity contribution in [2.24, 2.45) is 0 Å². The maximum atomic E-state index is 6.12. The standard InChI is InChI=1S/C17H23N5O2/c18-15-16(19-7-4-8-22-9-11-23-12-10-22)20-13-21-17(15)24-14-5-2-1-3-6-14/h1-3,5-6,13H,4,7-12,18H2,(H,19,20,21). The third kappa shape index (κ3) is 4.56. The van der Waals surface area contributed by atoms with Crippen LogP contribution in [-0.4, -0.2) is 54.3 Å². The molecule has 3 N–H and O–H groups in total. The molecular weight excluding hydrogens is 306 g/mol. The van der Waals surface area contributed by atoms with Gasteiger partial charge in [0.25, 0.3) is 0 Å². The second kappa shape index (κ2) is 8.47. The number of ether oxygens (including phenoxy) is 2. The zero-order chi connectivity index (χ0) is 16.6. The van der Waals surface area contributed by atoms with Crippen LogP contribution in [0.25, 0.3) is 0 Å². The number of nitrogen functional groups attached to an aromatic ring is 1. The number of benzene rings is 1. The number of morpholine rings is 1. The van der Waals surface area contributed by atoms with Crippen molar-refractivity contribution in [2.45, 2.75) is 6.42 Å². The molecule has 7 heteroatoms. The Morgan fingerprint density at radius 3 is 2.75 bits per heavy atom. The predicted molar refractivity (Wildman–Crippen MR) is 93.3 cm³/mol. The Balaban J connectivity index is 1.51. The van der Waals surface area contributed by atoms with E-state index >= 15 is 0 Å². The summed E-state index contributed by atoms with van der Waals surface area (Å²) >= 11 is 0. The highest BCUT2D eigenvalue weighted by atomic mass is 16.5. The van der Waals surface area contributed by atoms with Crippen LogP contribution in [0.15, 0.2) is 36.7 Å². The minimum atomic E-state index is 0.367. The maximum Gasteiger partial charge on any atom is 0.248 e. The molecule has 1 saturated heterocycles. The van der Waals surface area contributed by atoms with Crippen LogP contribution in [0.5, 0.6) is 11.6 Å². The number of hydrogen-bond acceptors (Lipinski definition) is 7. The normalized spacial score (nSPS) is 15.2. The van der Waals surface area contributed by atoms with E-state index < -0.39 is 0 Å². The van der Waals surface area contributed by atoms with Crippen molar-refractivity contribution in [1.29, 1.82) is 0 Å². The van der Waals surface area contributed by atoms with E-state index in [9.17, 15) is 0 Å². The number of rotatable bonds is 7. The summed E-state index contributed by atoms with van der Waals surface area (Å²) in [6, 6.07) is 9.45. The van der Waals surface area contributed by atoms with Crippen LogP contribution >= 0.6 is 0 Å². The number of nitrogens with zero attached hydrogens (tertiary/aromatic N) is 3. The van der Waals surface area contributed by atoms with Crippen LogP contribution in [-0.2, 0) is 4.74 Å². The number of anilines is 2. The summed E-state index contributed by atoms with van der Waals surface area (Å²) in [7, 11) is 0. The van der Waals surface area contributed by atoms with Crippen molar-refractivity contribution in [3.05, 3.63) is 36.7 Å². The Kier molecular flexibility index (Phi) is 5.81. The van der Waals surface area contributed by atoms with Crippen LogP contribution in [0, 0.1) is 0 Å². The molecule has 1 aromatic carbocycles. The van der Waals surface area contributed by atoms with Gasteiger partial charge in [0.05, 0.1) is 13.2 Å².